The summed E-state index contributed by atoms with van der Waals surface area (Å²) in [6.07, 6.45) is 5.11. The minimum atomic E-state index is 0.333. The largest absolute Gasteiger partial charge is 0.381 e. The summed E-state index contributed by atoms with van der Waals surface area (Å²) in [6.45, 7) is 5.99. The van der Waals surface area contributed by atoms with Gasteiger partial charge in [0.2, 0.25) is 0 Å². The first kappa shape index (κ1) is 19.7. The SMILES string of the molecule is CC(C1CSC(c2cc3cc(Cl)cc(NC4CCCC4)c3[nH]2)=N1)N1CCOCC1. The number of nitrogens with zero attached hydrogens (tertiary/aromatic N) is 2. The van der Waals surface area contributed by atoms with Crippen molar-refractivity contribution in [1.29, 1.82) is 0 Å². The molecule has 7 heteroatoms. The number of fused-ring (bicyclic) bond motifs is 1. The molecule has 2 aromatic rings. The number of halogens is 1. The minimum absolute atomic E-state index is 0.333. The number of H-pyrrole nitrogens is 1. The van der Waals surface area contributed by atoms with Gasteiger partial charge in [-0.1, -0.05) is 24.4 Å². The van der Waals surface area contributed by atoms with E-state index in [0.29, 0.717) is 18.1 Å². The number of nitrogens with one attached hydrogen (secondary N) is 2. The number of ether oxygens (including phenoxy) is 1. The van der Waals surface area contributed by atoms with E-state index < -0.39 is 0 Å². The maximum atomic E-state index is 6.42. The Labute approximate surface area is 181 Å². The molecule has 1 aromatic carbocycles. The van der Waals surface area contributed by atoms with E-state index in [9.17, 15) is 0 Å². The summed E-state index contributed by atoms with van der Waals surface area (Å²) in [5, 5.41) is 6.77. The summed E-state index contributed by atoms with van der Waals surface area (Å²) in [5.74, 6) is 1.04. The van der Waals surface area contributed by atoms with Gasteiger partial charge in [0.1, 0.15) is 5.04 Å². The molecular weight excluding hydrogens is 404 g/mol. The fraction of sp³-hybridized carbons (Fsp3) is 0.591. The minimum Gasteiger partial charge on any atom is -0.381 e. The van der Waals surface area contributed by atoms with Crippen molar-refractivity contribution in [1.82, 2.24) is 9.88 Å². The fourth-order valence-electron chi connectivity index (χ4n) is 4.74. The Morgan fingerprint density at radius 1 is 1.24 bits per heavy atom. The number of hydrogen-bond donors (Lipinski definition) is 2. The first-order valence-electron chi connectivity index (χ1n) is 10.8. The lowest BCUT2D eigenvalue weighted by molar-refractivity contribution is 0.0169. The topological polar surface area (TPSA) is 52.7 Å². The first-order chi connectivity index (χ1) is 14.2. The van der Waals surface area contributed by atoms with Crippen LogP contribution in [0.15, 0.2) is 23.2 Å². The Morgan fingerprint density at radius 3 is 2.83 bits per heavy atom. The third kappa shape index (κ3) is 4.18. The van der Waals surface area contributed by atoms with E-state index in [1.807, 2.05) is 17.8 Å². The first-order valence-corrected chi connectivity index (χ1v) is 12.2. The molecule has 2 unspecified atom stereocenters. The molecule has 5 rings (SSSR count). The van der Waals surface area contributed by atoms with Crippen molar-refractivity contribution in [3.05, 3.63) is 28.9 Å². The summed E-state index contributed by atoms with van der Waals surface area (Å²) in [5.41, 5.74) is 3.37. The average Bonchev–Trinajstić information content (AvgIpc) is 3.48. The second-order valence-electron chi connectivity index (χ2n) is 8.43. The van der Waals surface area contributed by atoms with Crippen LogP contribution in [-0.2, 0) is 4.74 Å². The van der Waals surface area contributed by atoms with Crippen molar-refractivity contribution in [2.75, 3.05) is 37.4 Å². The number of benzene rings is 1. The maximum absolute atomic E-state index is 6.42. The van der Waals surface area contributed by atoms with E-state index in [0.717, 1.165) is 64.4 Å². The van der Waals surface area contributed by atoms with Crippen molar-refractivity contribution < 1.29 is 4.74 Å². The lowest BCUT2D eigenvalue weighted by Gasteiger charge is -2.34. The van der Waals surface area contributed by atoms with E-state index >= 15 is 0 Å². The van der Waals surface area contributed by atoms with Crippen LogP contribution in [-0.4, -0.2) is 65.1 Å². The van der Waals surface area contributed by atoms with E-state index in [-0.39, 0.29) is 0 Å². The monoisotopic (exact) mass is 432 g/mol. The van der Waals surface area contributed by atoms with Gasteiger partial charge in [-0.05, 0) is 38.0 Å². The quantitative estimate of drug-likeness (QED) is 0.715. The van der Waals surface area contributed by atoms with Crippen molar-refractivity contribution in [3.63, 3.8) is 0 Å². The molecule has 1 saturated heterocycles. The second-order valence-corrected chi connectivity index (χ2v) is 9.87. The predicted octanol–water partition coefficient (Wildman–Crippen LogP) is 4.76. The molecule has 5 nitrogen and oxygen atoms in total. The van der Waals surface area contributed by atoms with Gasteiger partial charge in [0.15, 0.2) is 0 Å². The van der Waals surface area contributed by atoms with Crippen molar-refractivity contribution >= 4 is 45.0 Å². The molecule has 3 aliphatic rings. The van der Waals surface area contributed by atoms with Crippen molar-refractivity contribution in [2.45, 2.75) is 50.7 Å². The highest BCUT2D eigenvalue weighted by atomic mass is 35.5. The predicted molar refractivity (Wildman–Crippen MR) is 124 cm³/mol. The van der Waals surface area contributed by atoms with Crippen molar-refractivity contribution in [2.24, 2.45) is 4.99 Å². The van der Waals surface area contributed by atoms with Gasteiger partial charge >= 0.3 is 0 Å². The zero-order chi connectivity index (χ0) is 19.8. The molecule has 0 radical (unpaired) electrons. The molecule has 2 aliphatic heterocycles. The van der Waals surface area contributed by atoms with Crippen molar-refractivity contribution in [3.8, 4) is 0 Å². The number of anilines is 1. The normalized spacial score (nSPS) is 24.9. The molecule has 1 saturated carbocycles. The van der Waals surface area contributed by atoms with Crippen LogP contribution in [0, 0.1) is 0 Å². The summed E-state index contributed by atoms with van der Waals surface area (Å²) < 4.78 is 5.50. The van der Waals surface area contributed by atoms with Gasteiger partial charge in [0, 0.05) is 41.3 Å². The number of rotatable bonds is 5. The van der Waals surface area contributed by atoms with Crippen LogP contribution < -0.4 is 5.32 Å². The summed E-state index contributed by atoms with van der Waals surface area (Å²) in [4.78, 5) is 11.2. The molecule has 1 aliphatic carbocycles. The van der Waals surface area contributed by atoms with Gasteiger partial charge in [0.25, 0.3) is 0 Å². The van der Waals surface area contributed by atoms with Crippen LogP contribution in [0.5, 0.6) is 0 Å². The average molecular weight is 433 g/mol. The Balaban J connectivity index is 1.38. The Bertz CT molecular complexity index is 902. The highest BCUT2D eigenvalue weighted by molar-refractivity contribution is 8.14. The lowest BCUT2D eigenvalue weighted by atomic mass is 10.1. The zero-order valence-corrected chi connectivity index (χ0v) is 18.5. The molecule has 3 heterocycles. The summed E-state index contributed by atoms with van der Waals surface area (Å²) in [6, 6.07) is 7.64. The highest BCUT2D eigenvalue weighted by Crippen LogP contribution is 2.34. The number of aromatic nitrogens is 1. The number of hydrogen-bond acceptors (Lipinski definition) is 5. The smallest absolute Gasteiger partial charge is 0.114 e. The molecule has 2 atom stereocenters. The molecule has 2 N–H and O–H groups in total. The van der Waals surface area contributed by atoms with Gasteiger partial charge < -0.3 is 15.0 Å². The third-order valence-corrected chi connectivity index (χ3v) is 7.82. The van der Waals surface area contributed by atoms with E-state index in [1.165, 1.54) is 25.7 Å². The Kier molecular flexibility index (Phi) is 5.78. The molecule has 0 bridgehead atoms. The zero-order valence-electron chi connectivity index (χ0n) is 16.9. The number of aromatic amines is 1. The van der Waals surface area contributed by atoms with E-state index in [2.05, 4.69) is 34.3 Å². The third-order valence-electron chi connectivity index (χ3n) is 6.49. The standard InChI is InChI=1S/C22H29ClN4OS/c1-14(27-6-8-28-9-7-27)20-13-29-22(26-20)19-11-15-10-16(23)12-18(21(15)25-19)24-17-4-2-3-5-17/h10-12,14,17,20,24-25H,2-9,13H2,1H3. The van der Waals surface area contributed by atoms with Gasteiger partial charge in [0.05, 0.1) is 36.2 Å². The summed E-state index contributed by atoms with van der Waals surface area (Å²) in [7, 11) is 0. The molecule has 0 amide bonds. The fourth-order valence-corrected chi connectivity index (χ4v) is 6.12. The van der Waals surface area contributed by atoms with Crippen LogP contribution in [0.1, 0.15) is 38.3 Å². The highest BCUT2D eigenvalue weighted by Gasteiger charge is 2.30. The second kappa shape index (κ2) is 8.50. The lowest BCUT2D eigenvalue weighted by Crippen LogP contribution is -2.47. The molecule has 2 fully saturated rings. The maximum Gasteiger partial charge on any atom is 0.114 e. The van der Waals surface area contributed by atoms with E-state index in [1.54, 1.807) is 0 Å². The molecule has 1 aromatic heterocycles. The molecule has 29 heavy (non-hydrogen) atoms. The molecular formula is C22H29ClN4OS. The molecule has 0 spiro atoms. The van der Waals surface area contributed by atoms with Crippen LogP contribution >= 0.6 is 23.4 Å². The van der Waals surface area contributed by atoms with Gasteiger partial charge in [-0.2, -0.15) is 0 Å². The number of morpholine rings is 1. The van der Waals surface area contributed by atoms with Crippen LogP contribution in [0.4, 0.5) is 5.69 Å². The Hall–Kier alpha value is -1.21. The number of aliphatic imine (C=N–C) groups is 1. The van der Waals surface area contributed by atoms with Crippen LogP contribution in [0.3, 0.4) is 0 Å². The number of thioether (sulfide) groups is 1. The van der Waals surface area contributed by atoms with E-state index in [4.69, 9.17) is 21.3 Å². The summed E-state index contributed by atoms with van der Waals surface area (Å²) >= 11 is 8.29. The van der Waals surface area contributed by atoms with Gasteiger partial charge in [-0.25, -0.2) is 0 Å². The van der Waals surface area contributed by atoms with Crippen LogP contribution in [0.2, 0.25) is 5.02 Å². The van der Waals surface area contributed by atoms with Crippen LogP contribution in [0.25, 0.3) is 10.9 Å². The van der Waals surface area contributed by atoms with Gasteiger partial charge in [-0.3, -0.25) is 9.89 Å². The van der Waals surface area contributed by atoms with Gasteiger partial charge in [-0.15, -0.1) is 11.8 Å². The molecule has 156 valence electrons. The Morgan fingerprint density at radius 2 is 2.03 bits per heavy atom.